The molecule has 5 nitrogen and oxygen atoms in total. The Morgan fingerprint density at radius 2 is 2.16 bits per heavy atom. The second-order valence-electron chi connectivity index (χ2n) is 3.88. The summed E-state index contributed by atoms with van der Waals surface area (Å²) >= 11 is 5.79. The third-order valence-corrected chi connectivity index (χ3v) is 2.68. The lowest BCUT2D eigenvalue weighted by molar-refractivity contribution is -0.144. The molecule has 0 aliphatic rings. The number of nitrogens with one attached hydrogen (secondary N) is 2. The molecule has 104 valence electrons. The number of amides is 2. The van der Waals surface area contributed by atoms with Gasteiger partial charge >= 0.3 is 12.0 Å². The predicted octanol–water partition coefficient (Wildman–Crippen LogP) is 2.41. The Hall–Kier alpha value is -1.82. The first-order valence-electron chi connectivity index (χ1n) is 5.51. The van der Waals surface area contributed by atoms with E-state index < -0.39 is 23.7 Å². The molecule has 19 heavy (non-hydrogen) atoms. The first-order valence-corrected chi connectivity index (χ1v) is 5.89. The fourth-order valence-electron chi connectivity index (χ4n) is 1.29. The van der Waals surface area contributed by atoms with Crippen molar-refractivity contribution in [1.29, 1.82) is 0 Å². The average molecular weight is 289 g/mol. The molecule has 0 bridgehead atoms. The molecule has 0 heterocycles. The number of hydrogen-bond acceptors (Lipinski definition) is 3. The van der Waals surface area contributed by atoms with Gasteiger partial charge in [-0.05, 0) is 18.2 Å². The van der Waals surface area contributed by atoms with E-state index >= 15 is 0 Å². The van der Waals surface area contributed by atoms with Crippen molar-refractivity contribution in [2.24, 2.45) is 5.92 Å². The van der Waals surface area contributed by atoms with Gasteiger partial charge in [-0.3, -0.25) is 4.79 Å². The number of benzene rings is 1. The van der Waals surface area contributed by atoms with Crippen molar-refractivity contribution in [1.82, 2.24) is 5.32 Å². The topological polar surface area (TPSA) is 67.4 Å². The van der Waals surface area contributed by atoms with E-state index in [2.05, 4.69) is 15.4 Å². The van der Waals surface area contributed by atoms with Crippen LogP contribution in [-0.4, -0.2) is 25.7 Å². The highest BCUT2D eigenvalue weighted by Crippen LogP contribution is 2.22. The first-order chi connectivity index (χ1) is 8.93. The molecule has 0 aromatic heterocycles. The van der Waals surface area contributed by atoms with Crippen LogP contribution in [0.15, 0.2) is 18.2 Å². The van der Waals surface area contributed by atoms with E-state index in [0.29, 0.717) is 0 Å². The molecule has 2 amide bonds. The van der Waals surface area contributed by atoms with Gasteiger partial charge in [-0.15, -0.1) is 0 Å². The smallest absolute Gasteiger partial charge is 0.319 e. The summed E-state index contributed by atoms with van der Waals surface area (Å²) in [4.78, 5) is 22.7. The number of ether oxygens (including phenoxy) is 1. The van der Waals surface area contributed by atoms with E-state index in [1.54, 1.807) is 6.92 Å². The molecule has 1 rings (SSSR count). The van der Waals surface area contributed by atoms with Crippen molar-refractivity contribution in [2.75, 3.05) is 19.0 Å². The molecule has 0 aliphatic carbocycles. The Morgan fingerprint density at radius 3 is 2.79 bits per heavy atom. The first kappa shape index (κ1) is 15.2. The Balaban J connectivity index is 2.52. The van der Waals surface area contributed by atoms with Crippen molar-refractivity contribution in [3.63, 3.8) is 0 Å². The quantitative estimate of drug-likeness (QED) is 0.836. The SMILES string of the molecule is COC(=O)[C@@H](C)CNC(=O)Nc1cc(F)ccc1Cl. The number of anilines is 1. The highest BCUT2D eigenvalue weighted by molar-refractivity contribution is 6.33. The molecule has 7 heteroatoms. The summed E-state index contributed by atoms with van der Waals surface area (Å²) in [5.74, 6) is -1.41. The zero-order chi connectivity index (χ0) is 14.4. The molecule has 0 saturated heterocycles. The van der Waals surface area contributed by atoms with Crippen molar-refractivity contribution in [2.45, 2.75) is 6.92 Å². The van der Waals surface area contributed by atoms with Crippen molar-refractivity contribution in [3.8, 4) is 0 Å². The molecule has 0 saturated carbocycles. The van der Waals surface area contributed by atoms with Crippen LogP contribution < -0.4 is 10.6 Å². The average Bonchev–Trinajstić information content (AvgIpc) is 2.39. The number of methoxy groups -OCH3 is 1. The summed E-state index contributed by atoms with van der Waals surface area (Å²) in [5.41, 5.74) is 0.157. The number of urea groups is 1. The van der Waals surface area contributed by atoms with Gasteiger partial charge < -0.3 is 15.4 Å². The zero-order valence-corrected chi connectivity index (χ0v) is 11.3. The van der Waals surface area contributed by atoms with E-state index in [0.717, 1.165) is 6.07 Å². The number of carbonyl (C=O) groups excluding carboxylic acids is 2. The molecule has 1 aromatic rings. The maximum absolute atomic E-state index is 13.0. The Morgan fingerprint density at radius 1 is 1.47 bits per heavy atom. The highest BCUT2D eigenvalue weighted by atomic mass is 35.5. The molecule has 0 fully saturated rings. The molecule has 1 atom stereocenters. The maximum Gasteiger partial charge on any atom is 0.319 e. The Labute approximate surface area is 115 Å². The van der Waals surface area contributed by atoms with Crippen LogP contribution in [0.3, 0.4) is 0 Å². The molecule has 2 N–H and O–H groups in total. The van der Waals surface area contributed by atoms with Crippen LogP contribution in [-0.2, 0) is 9.53 Å². The number of rotatable bonds is 4. The molecule has 1 aromatic carbocycles. The summed E-state index contributed by atoms with van der Waals surface area (Å²) in [6, 6.07) is 3.04. The number of hydrogen-bond donors (Lipinski definition) is 2. The Kier molecular flexibility index (Phi) is 5.57. The fraction of sp³-hybridized carbons (Fsp3) is 0.333. The van der Waals surface area contributed by atoms with Crippen molar-refractivity contribution >= 4 is 29.3 Å². The van der Waals surface area contributed by atoms with Crippen LogP contribution in [0.1, 0.15) is 6.92 Å². The second kappa shape index (κ2) is 6.94. The third-order valence-electron chi connectivity index (χ3n) is 2.35. The lowest BCUT2D eigenvalue weighted by Crippen LogP contribution is -2.35. The van der Waals surface area contributed by atoms with Gasteiger partial charge in [0.05, 0.1) is 23.7 Å². The minimum atomic E-state index is -0.580. The van der Waals surface area contributed by atoms with Gasteiger partial charge in [-0.25, -0.2) is 9.18 Å². The third kappa shape index (κ3) is 4.75. The Bertz CT molecular complexity index is 482. The lowest BCUT2D eigenvalue weighted by Gasteiger charge is -2.12. The highest BCUT2D eigenvalue weighted by Gasteiger charge is 2.14. The van der Waals surface area contributed by atoms with Crippen LogP contribution in [0.2, 0.25) is 5.02 Å². The molecular weight excluding hydrogens is 275 g/mol. The summed E-state index contributed by atoms with van der Waals surface area (Å²) in [6.45, 7) is 1.71. The minimum absolute atomic E-state index is 0.103. The monoisotopic (exact) mass is 288 g/mol. The van der Waals surface area contributed by atoms with Crippen molar-refractivity contribution in [3.05, 3.63) is 29.0 Å². The van der Waals surface area contributed by atoms with E-state index in [9.17, 15) is 14.0 Å². The van der Waals surface area contributed by atoms with Crippen LogP contribution in [0, 0.1) is 11.7 Å². The van der Waals surface area contributed by atoms with Crippen LogP contribution in [0.25, 0.3) is 0 Å². The zero-order valence-electron chi connectivity index (χ0n) is 10.5. The fourth-order valence-corrected chi connectivity index (χ4v) is 1.45. The van der Waals surface area contributed by atoms with Crippen molar-refractivity contribution < 1.29 is 18.7 Å². The summed E-state index contributed by atoms with van der Waals surface area (Å²) in [6.07, 6.45) is 0. The minimum Gasteiger partial charge on any atom is -0.469 e. The van der Waals surface area contributed by atoms with Gasteiger partial charge in [0.1, 0.15) is 5.82 Å². The predicted molar refractivity (Wildman–Crippen MR) is 69.6 cm³/mol. The number of esters is 1. The standard InChI is InChI=1S/C12H14ClFN2O3/c1-7(11(17)19-2)6-15-12(18)16-10-5-8(14)3-4-9(10)13/h3-5,7H,6H2,1-2H3,(H2,15,16,18)/t7-/m0/s1. The van der Waals surface area contributed by atoms with Crippen LogP contribution in [0.4, 0.5) is 14.9 Å². The molecular formula is C12H14ClFN2O3. The maximum atomic E-state index is 13.0. The molecule has 0 aliphatic heterocycles. The van der Waals surface area contributed by atoms with Gasteiger partial charge in [-0.2, -0.15) is 0 Å². The van der Waals surface area contributed by atoms with E-state index in [4.69, 9.17) is 11.6 Å². The summed E-state index contributed by atoms with van der Waals surface area (Å²) < 4.78 is 17.5. The van der Waals surface area contributed by atoms with E-state index in [1.165, 1.54) is 19.2 Å². The summed E-state index contributed by atoms with van der Waals surface area (Å²) in [5, 5.41) is 5.07. The van der Waals surface area contributed by atoms with Gasteiger partial charge in [0.25, 0.3) is 0 Å². The largest absolute Gasteiger partial charge is 0.469 e. The molecule has 0 spiro atoms. The normalized spacial score (nSPS) is 11.6. The molecule has 0 unspecified atom stereocenters. The van der Waals surface area contributed by atoms with Gasteiger partial charge in [0.15, 0.2) is 0 Å². The number of halogens is 2. The van der Waals surface area contributed by atoms with Gasteiger partial charge in [-0.1, -0.05) is 18.5 Å². The summed E-state index contributed by atoms with van der Waals surface area (Å²) in [7, 11) is 1.27. The second-order valence-corrected chi connectivity index (χ2v) is 4.29. The number of carbonyl (C=O) groups is 2. The van der Waals surface area contributed by atoms with Crippen LogP contribution >= 0.6 is 11.6 Å². The molecule has 0 radical (unpaired) electrons. The van der Waals surface area contributed by atoms with E-state index in [-0.39, 0.29) is 17.3 Å². The van der Waals surface area contributed by atoms with Crippen LogP contribution in [0.5, 0.6) is 0 Å². The van der Waals surface area contributed by atoms with Gasteiger partial charge in [0, 0.05) is 6.54 Å². The van der Waals surface area contributed by atoms with E-state index in [1.807, 2.05) is 0 Å². The van der Waals surface area contributed by atoms with Gasteiger partial charge in [0.2, 0.25) is 0 Å². The lowest BCUT2D eigenvalue weighted by atomic mass is 10.2.